The van der Waals surface area contributed by atoms with E-state index in [9.17, 15) is 34.5 Å². The smallest absolute Gasteiger partial charge is 0.335 e. The molecule has 0 bridgehead atoms. The van der Waals surface area contributed by atoms with Crippen molar-refractivity contribution in [1.82, 2.24) is 0 Å². The summed E-state index contributed by atoms with van der Waals surface area (Å²) in [5.74, 6) is -3.29. The molecule has 0 radical (unpaired) electrons. The first-order chi connectivity index (χ1) is 34.6. The zero-order valence-corrected chi connectivity index (χ0v) is 43.7. The molecule has 1 aliphatic heterocycles. The van der Waals surface area contributed by atoms with Gasteiger partial charge in [0, 0.05) is 19.3 Å². The van der Waals surface area contributed by atoms with Crippen LogP contribution < -0.4 is 0 Å². The molecule has 12 heteroatoms. The number of carboxylic acid groups (broad SMARTS) is 1. The van der Waals surface area contributed by atoms with Crippen LogP contribution in [-0.4, -0.2) is 89.2 Å². The number of unbranched alkanes of at least 4 members (excludes halogenated alkanes) is 11. The predicted molar refractivity (Wildman–Crippen MR) is 284 cm³/mol. The van der Waals surface area contributed by atoms with E-state index < -0.39 is 67.3 Å². The molecule has 1 rings (SSSR count). The maximum absolute atomic E-state index is 13.0. The van der Waals surface area contributed by atoms with E-state index in [0.717, 1.165) is 109 Å². The number of carbonyl (C=O) groups excluding carboxylic acids is 3. The molecule has 0 aliphatic carbocycles. The van der Waals surface area contributed by atoms with Gasteiger partial charge < -0.3 is 39.0 Å². The number of carboxylic acids is 1. The van der Waals surface area contributed by atoms with Crippen molar-refractivity contribution in [2.75, 3.05) is 13.2 Å². The van der Waals surface area contributed by atoms with Gasteiger partial charge in [0.1, 0.15) is 18.8 Å². The van der Waals surface area contributed by atoms with E-state index in [1.807, 2.05) is 12.2 Å². The van der Waals surface area contributed by atoms with Crippen molar-refractivity contribution in [3.8, 4) is 0 Å². The van der Waals surface area contributed by atoms with Crippen molar-refractivity contribution in [2.24, 2.45) is 0 Å². The first-order valence-electron chi connectivity index (χ1n) is 26.9. The van der Waals surface area contributed by atoms with Gasteiger partial charge in [-0.3, -0.25) is 14.4 Å². The van der Waals surface area contributed by atoms with Gasteiger partial charge in [0.15, 0.2) is 24.6 Å². The first-order valence-corrected chi connectivity index (χ1v) is 26.9. The summed E-state index contributed by atoms with van der Waals surface area (Å²) in [5, 5.41) is 31.3. The number of allylic oxidation sites excluding steroid dienone is 18. The fourth-order valence-electron chi connectivity index (χ4n) is 7.23. The van der Waals surface area contributed by atoms with Crippen molar-refractivity contribution in [3.63, 3.8) is 0 Å². The van der Waals surface area contributed by atoms with Crippen molar-refractivity contribution in [3.05, 3.63) is 109 Å². The molecule has 1 aliphatic rings. The summed E-state index contributed by atoms with van der Waals surface area (Å²) in [5.41, 5.74) is 0. The van der Waals surface area contributed by atoms with Crippen LogP contribution >= 0.6 is 0 Å². The highest BCUT2D eigenvalue weighted by Crippen LogP contribution is 2.26. The Labute approximate surface area is 427 Å². The lowest BCUT2D eigenvalue weighted by Crippen LogP contribution is -2.61. The molecule has 1 saturated heterocycles. The van der Waals surface area contributed by atoms with Gasteiger partial charge >= 0.3 is 23.9 Å². The van der Waals surface area contributed by atoms with Crippen molar-refractivity contribution >= 4 is 23.9 Å². The highest BCUT2D eigenvalue weighted by atomic mass is 16.7. The lowest BCUT2D eigenvalue weighted by molar-refractivity contribution is -0.301. The molecular weight excluding hydrogens is 901 g/mol. The molecule has 1 heterocycles. The lowest BCUT2D eigenvalue weighted by atomic mass is 9.98. The molecule has 0 aromatic rings. The number of rotatable bonds is 43. The highest BCUT2D eigenvalue weighted by Gasteiger charge is 2.50. The third kappa shape index (κ3) is 36.9. The van der Waals surface area contributed by atoms with E-state index in [2.05, 4.69) is 118 Å². The normalized spacial score (nSPS) is 19.4. The van der Waals surface area contributed by atoms with E-state index in [4.69, 9.17) is 23.7 Å². The van der Waals surface area contributed by atoms with Crippen molar-refractivity contribution in [2.45, 2.75) is 225 Å². The predicted octanol–water partition coefficient (Wildman–Crippen LogP) is 13.1. The van der Waals surface area contributed by atoms with Gasteiger partial charge in [-0.2, -0.15) is 0 Å². The molecule has 71 heavy (non-hydrogen) atoms. The van der Waals surface area contributed by atoms with Crippen molar-refractivity contribution < 1.29 is 58.2 Å². The number of hydrogen-bond donors (Lipinski definition) is 3. The Hall–Kier alpha value is -4.62. The summed E-state index contributed by atoms with van der Waals surface area (Å²) in [7, 11) is 0. The molecule has 12 nitrogen and oxygen atoms in total. The minimum Gasteiger partial charge on any atom is -0.479 e. The lowest BCUT2D eigenvalue weighted by Gasteiger charge is -2.40. The molecule has 6 atom stereocenters. The molecule has 400 valence electrons. The number of aliphatic hydroxyl groups is 2. The average molecular weight is 993 g/mol. The Morgan fingerprint density at radius 2 is 0.915 bits per heavy atom. The summed E-state index contributed by atoms with van der Waals surface area (Å²) in [6.45, 7) is 5.59. The SMILES string of the molecule is CC/C=C\C/C=C\C/C=C\C/C=C\CCCCCCC(=O)OCC(COC1OC(C(=O)O)C(O)C(O)C1OC(=O)CCCCCCC/C=C\CCCC)OC(=O)CC/C=C\C/C=C\C/C=C\C/C=C\CC. The Bertz CT molecular complexity index is 1650. The minimum absolute atomic E-state index is 0.0296. The van der Waals surface area contributed by atoms with E-state index in [1.165, 1.54) is 12.8 Å². The maximum Gasteiger partial charge on any atom is 0.335 e. The van der Waals surface area contributed by atoms with Crippen LogP contribution in [0.2, 0.25) is 0 Å². The van der Waals surface area contributed by atoms with Gasteiger partial charge in [0.05, 0.1) is 6.61 Å². The molecule has 0 aromatic carbocycles. The molecule has 0 amide bonds. The number of aliphatic hydroxyl groups excluding tert-OH is 2. The van der Waals surface area contributed by atoms with Crippen LogP contribution in [0.15, 0.2) is 109 Å². The quantitative estimate of drug-likeness (QED) is 0.0229. The van der Waals surface area contributed by atoms with E-state index in [0.29, 0.717) is 25.7 Å². The zero-order chi connectivity index (χ0) is 51.8. The largest absolute Gasteiger partial charge is 0.479 e. The van der Waals surface area contributed by atoms with Crippen LogP contribution in [-0.2, 0) is 42.9 Å². The summed E-state index contributed by atoms with van der Waals surface area (Å²) in [6.07, 6.45) is 49.5. The van der Waals surface area contributed by atoms with Crippen molar-refractivity contribution in [1.29, 1.82) is 0 Å². The third-order valence-electron chi connectivity index (χ3n) is 11.3. The van der Waals surface area contributed by atoms with E-state index in [-0.39, 0.29) is 25.9 Å². The Morgan fingerprint density at radius 1 is 0.479 bits per heavy atom. The van der Waals surface area contributed by atoms with Gasteiger partial charge in [0.2, 0.25) is 0 Å². The molecule has 3 N–H and O–H groups in total. The number of aliphatic carboxylic acids is 1. The minimum atomic E-state index is -1.92. The Balaban J connectivity index is 2.78. The van der Waals surface area contributed by atoms with Crippen LogP contribution in [0.3, 0.4) is 0 Å². The van der Waals surface area contributed by atoms with Crippen LogP contribution in [0.5, 0.6) is 0 Å². The second kappa shape index (κ2) is 46.5. The summed E-state index contributed by atoms with van der Waals surface area (Å²) < 4.78 is 28.2. The van der Waals surface area contributed by atoms with E-state index >= 15 is 0 Å². The fourth-order valence-corrected chi connectivity index (χ4v) is 7.23. The van der Waals surface area contributed by atoms with Gasteiger partial charge in [-0.1, -0.05) is 175 Å². The Kier molecular flexibility index (Phi) is 42.1. The average Bonchev–Trinajstić information content (AvgIpc) is 3.35. The van der Waals surface area contributed by atoms with Gasteiger partial charge in [-0.15, -0.1) is 0 Å². The van der Waals surface area contributed by atoms with Gasteiger partial charge in [0.25, 0.3) is 0 Å². The summed E-state index contributed by atoms with van der Waals surface area (Å²) in [6, 6.07) is 0. The van der Waals surface area contributed by atoms with Crippen LogP contribution in [0.1, 0.15) is 188 Å². The van der Waals surface area contributed by atoms with Crippen LogP contribution in [0.4, 0.5) is 0 Å². The summed E-state index contributed by atoms with van der Waals surface area (Å²) in [4.78, 5) is 50.8. The number of esters is 3. The monoisotopic (exact) mass is 993 g/mol. The highest BCUT2D eigenvalue weighted by molar-refractivity contribution is 5.74. The zero-order valence-electron chi connectivity index (χ0n) is 43.7. The van der Waals surface area contributed by atoms with Crippen LogP contribution in [0.25, 0.3) is 0 Å². The first kappa shape index (κ1) is 64.4. The maximum atomic E-state index is 13.0. The molecule has 1 fully saturated rings. The van der Waals surface area contributed by atoms with Gasteiger partial charge in [-0.05, 0) is 103 Å². The molecule has 6 unspecified atom stereocenters. The Morgan fingerprint density at radius 3 is 1.42 bits per heavy atom. The standard InChI is InChI=1S/C59H92O12/c1-4-7-10-13-16-19-22-24-25-26-27-29-31-33-36-39-42-45-51(60)67-48-50(69-52(61)46-43-40-37-35-32-28-23-20-17-14-11-8-5-2)49-68-59-57(55(64)54(63)56(71-59)58(65)66)70-53(62)47-44-41-38-34-30-21-18-15-12-9-6-3/h7-8,10-11,15-20,24-25,27-29,32,37,40,50,54-57,59,63-64H,4-6,9,12-14,21-23,26,30-31,33-36,38-39,41-49H2,1-3H3,(H,65,66)/b10-7-,11-8-,18-15-,19-16-,20-17-,25-24-,29-27-,32-28-,40-37-. The molecule has 0 spiro atoms. The number of hydrogen-bond acceptors (Lipinski definition) is 11. The molecule has 0 saturated carbocycles. The van der Waals surface area contributed by atoms with Gasteiger partial charge in [-0.25, -0.2) is 4.79 Å². The summed E-state index contributed by atoms with van der Waals surface area (Å²) >= 11 is 0. The molecule has 0 aromatic heterocycles. The van der Waals surface area contributed by atoms with Crippen LogP contribution in [0, 0.1) is 0 Å². The van der Waals surface area contributed by atoms with E-state index in [1.54, 1.807) is 0 Å². The number of carbonyl (C=O) groups is 4. The molecular formula is C59H92O12. The topological polar surface area (TPSA) is 175 Å². The second-order valence-electron chi connectivity index (χ2n) is 17.7. The number of ether oxygens (including phenoxy) is 5. The fraction of sp³-hybridized carbons (Fsp3) is 0.627. The second-order valence-corrected chi connectivity index (χ2v) is 17.7. The third-order valence-corrected chi connectivity index (χ3v) is 11.3.